The first-order chi connectivity index (χ1) is 22.2. The Morgan fingerprint density at radius 2 is 1.09 bits per heavy atom. The van der Waals surface area contributed by atoms with Crippen LogP contribution in [-0.2, 0) is 6.42 Å². The molecule has 218 valence electrons. The second kappa shape index (κ2) is 13.1. The highest BCUT2D eigenvalue weighted by molar-refractivity contribution is 5.78. The van der Waals surface area contributed by atoms with Crippen LogP contribution in [0.5, 0.6) is 0 Å². The maximum atomic E-state index is 2.41. The van der Waals surface area contributed by atoms with E-state index >= 15 is 0 Å². The van der Waals surface area contributed by atoms with Crippen molar-refractivity contribution in [3.63, 3.8) is 0 Å². The largest absolute Gasteiger partial charge is 0.344 e. The maximum absolute atomic E-state index is 2.41. The fraction of sp³-hybridized carbons (Fsp3) is 0.0909. The van der Waals surface area contributed by atoms with E-state index in [4.69, 9.17) is 0 Å². The normalized spacial score (nSPS) is 13.9. The molecular formula is C44H37N. The van der Waals surface area contributed by atoms with Crippen LogP contribution in [0.2, 0.25) is 0 Å². The summed E-state index contributed by atoms with van der Waals surface area (Å²) < 4.78 is 0. The molecule has 0 bridgehead atoms. The van der Waals surface area contributed by atoms with Gasteiger partial charge in [0, 0.05) is 24.3 Å². The van der Waals surface area contributed by atoms with Gasteiger partial charge in [-0.25, -0.2) is 0 Å². The van der Waals surface area contributed by atoms with E-state index in [1.807, 2.05) is 0 Å². The third-order valence-corrected chi connectivity index (χ3v) is 8.84. The number of allylic oxidation sites excluding steroid dienone is 4. The van der Waals surface area contributed by atoms with Crippen LogP contribution in [0.15, 0.2) is 176 Å². The molecule has 0 fully saturated rings. The summed E-state index contributed by atoms with van der Waals surface area (Å²) in [6, 6.07) is 55.1. The van der Waals surface area contributed by atoms with Crippen molar-refractivity contribution in [1.29, 1.82) is 0 Å². The fourth-order valence-electron chi connectivity index (χ4n) is 6.37. The number of hydrogen-bond donors (Lipinski definition) is 0. The van der Waals surface area contributed by atoms with Crippen LogP contribution in [0.3, 0.4) is 0 Å². The van der Waals surface area contributed by atoms with Crippen molar-refractivity contribution >= 4 is 11.4 Å². The molecule has 1 atom stereocenters. The van der Waals surface area contributed by atoms with Crippen LogP contribution in [0.25, 0.3) is 33.4 Å². The molecule has 0 aromatic heterocycles. The lowest BCUT2D eigenvalue weighted by atomic mass is 9.88. The summed E-state index contributed by atoms with van der Waals surface area (Å²) in [5, 5.41) is 0. The Morgan fingerprint density at radius 3 is 1.80 bits per heavy atom. The SMILES string of the molecule is CN(c1ccc(-c2ccccc2)cc1)c1ccc(-c2cccc(-c3cccc(Cc4ccccc4)c3)c2)cc1C1C=CC=CC1. The smallest absolute Gasteiger partial charge is 0.0447 e. The quantitative estimate of drug-likeness (QED) is 0.173. The van der Waals surface area contributed by atoms with Crippen LogP contribution in [0, 0.1) is 0 Å². The van der Waals surface area contributed by atoms with Gasteiger partial charge in [-0.1, -0.05) is 146 Å². The molecule has 1 heteroatoms. The Balaban J connectivity index is 1.20. The zero-order valence-electron chi connectivity index (χ0n) is 25.7. The van der Waals surface area contributed by atoms with Gasteiger partial charge in [-0.15, -0.1) is 0 Å². The number of anilines is 2. The molecule has 1 aliphatic carbocycles. The highest BCUT2D eigenvalue weighted by Gasteiger charge is 2.18. The summed E-state index contributed by atoms with van der Waals surface area (Å²) in [5.74, 6) is 0.328. The average Bonchev–Trinajstić information content (AvgIpc) is 3.12. The minimum Gasteiger partial charge on any atom is -0.344 e. The van der Waals surface area contributed by atoms with Gasteiger partial charge in [-0.2, -0.15) is 0 Å². The van der Waals surface area contributed by atoms with E-state index in [9.17, 15) is 0 Å². The van der Waals surface area contributed by atoms with Crippen molar-refractivity contribution in [1.82, 2.24) is 0 Å². The van der Waals surface area contributed by atoms with Gasteiger partial charge in [0.15, 0.2) is 0 Å². The van der Waals surface area contributed by atoms with Crippen molar-refractivity contribution < 1.29 is 0 Å². The number of nitrogens with zero attached hydrogens (tertiary/aromatic N) is 1. The molecule has 6 aromatic carbocycles. The topological polar surface area (TPSA) is 3.24 Å². The molecule has 0 saturated heterocycles. The lowest BCUT2D eigenvalue weighted by Crippen LogP contribution is -2.13. The van der Waals surface area contributed by atoms with Gasteiger partial charge in [0.1, 0.15) is 0 Å². The molecule has 0 radical (unpaired) electrons. The molecule has 0 amide bonds. The zero-order valence-corrected chi connectivity index (χ0v) is 25.7. The molecule has 0 spiro atoms. The standard InChI is InChI=1S/C44H37N/c1-45(42-26-23-36(24-27-42)35-16-7-3-8-17-35)44-28-25-41(32-43(44)37-18-9-4-10-19-37)40-22-12-21-39(31-40)38-20-11-15-34(30-38)29-33-13-5-2-6-14-33/h2-18,20-28,30-32,37H,19,29H2,1H3. The van der Waals surface area contributed by atoms with E-state index < -0.39 is 0 Å². The second-order valence-corrected chi connectivity index (χ2v) is 11.8. The van der Waals surface area contributed by atoms with Crippen molar-refractivity contribution in [2.24, 2.45) is 0 Å². The third kappa shape index (κ3) is 6.44. The van der Waals surface area contributed by atoms with Crippen LogP contribution in [-0.4, -0.2) is 7.05 Å². The fourth-order valence-corrected chi connectivity index (χ4v) is 6.37. The summed E-state index contributed by atoms with van der Waals surface area (Å²) in [5.41, 5.74) is 13.9. The van der Waals surface area contributed by atoms with Gasteiger partial charge < -0.3 is 4.90 Å². The van der Waals surface area contributed by atoms with Crippen LogP contribution >= 0.6 is 0 Å². The summed E-state index contributed by atoms with van der Waals surface area (Å²) in [7, 11) is 2.18. The Kier molecular flexibility index (Phi) is 8.25. The van der Waals surface area contributed by atoms with Crippen molar-refractivity contribution in [3.8, 4) is 33.4 Å². The number of rotatable bonds is 8. The Labute approximate surface area is 267 Å². The van der Waals surface area contributed by atoms with E-state index in [0.717, 1.165) is 12.8 Å². The molecule has 6 aromatic rings. The van der Waals surface area contributed by atoms with Crippen LogP contribution < -0.4 is 4.90 Å². The van der Waals surface area contributed by atoms with Gasteiger partial charge in [0.25, 0.3) is 0 Å². The summed E-state index contributed by atoms with van der Waals surface area (Å²) >= 11 is 0. The van der Waals surface area contributed by atoms with Gasteiger partial charge in [0.05, 0.1) is 0 Å². The molecular weight excluding hydrogens is 542 g/mol. The van der Waals surface area contributed by atoms with E-state index in [2.05, 4.69) is 188 Å². The van der Waals surface area contributed by atoms with E-state index in [1.54, 1.807) is 0 Å². The van der Waals surface area contributed by atoms with E-state index in [0.29, 0.717) is 5.92 Å². The lowest BCUT2D eigenvalue weighted by molar-refractivity contribution is 0.850. The second-order valence-electron chi connectivity index (χ2n) is 11.8. The molecule has 1 nitrogen and oxygen atoms in total. The molecule has 0 aliphatic heterocycles. The van der Waals surface area contributed by atoms with Crippen LogP contribution in [0.4, 0.5) is 11.4 Å². The Hall–Kier alpha value is -5.40. The van der Waals surface area contributed by atoms with E-state index in [-0.39, 0.29) is 0 Å². The maximum Gasteiger partial charge on any atom is 0.0447 e. The first-order valence-corrected chi connectivity index (χ1v) is 15.8. The Morgan fingerprint density at radius 1 is 0.511 bits per heavy atom. The molecule has 1 unspecified atom stereocenters. The summed E-state index contributed by atoms with van der Waals surface area (Å²) in [6.45, 7) is 0. The summed E-state index contributed by atoms with van der Waals surface area (Å²) in [6.07, 6.45) is 10.9. The zero-order chi connectivity index (χ0) is 30.4. The first-order valence-electron chi connectivity index (χ1n) is 15.8. The predicted molar refractivity (Wildman–Crippen MR) is 192 cm³/mol. The minimum absolute atomic E-state index is 0.328. The van der Waals surface area contributed by atoms with Gasteiger partial charge >= 0.3 is 0 Å². The van der Waals surface area contributed by atoms with Crippen LogP contribution in [0.1, 0.15) is 29.0 Å². The predicted octanol–water partition coefficient (Wildman–Crippen LogP) is 11.6. The number of benzene rings is 6. The highest BCUT2D eigenvalue weighted by atomic mass is 15.1. The van der Waals surface area contributed by atoms with Gasteiger partial charge in [0.2, 0.25) is 0 Å². The first kappa shape index (κ1) is 28.4. The average molecular weight is 580 g/mol. The van der Waals surface area contributed by atoms with E-state index in [1.165, 1.54) is 61.4 Å². The van der Waals surface area contributed by atoms with Gasteiger partial charge in [-0.3, -0.25) is 0 Å². The van der Waals surface area contributed by atoms with Crippen molar-refractivity contribution in [3.05, 3.63) is 193 Å². The Bertz CT molecular complexity index is 1950. The lowest BCUT2D eigenvalue weighted by Gasteiger charge is -2.27. The number of hydrogen-bond acceptors (Lipinski definition) is 1. The van der Waals surface area contributed by atoms with Crippen molar-refractivity contribution in [2.45, 2.75) is 18.8 Å². The summed E-state index contributed by atoms with van der Waals surface area (Å²) in [4.78, 5) is 2.33. The molecule has 0 saturated carbocycles. The molecule has 0 heterocycles. The monoisotopic (exact) mass is 579 g/mol. The molecule has 1 aliphatic rings. The molecule has 45 heavy (non-hydrogen) atoms. The third-order valence-electron chi connectivity index (χ3n) is 8.84. The van der Waals surface area contributed by atoms with Gasteiger partial charge in [-0.05, 0) is 93.2 Å². The minimum atomic E-state index is 0.328. The van der Waals surface area contributed by atoms with Crippen molar-refractivity contribution in [2.75, 3.05) is 11.9 Å². The molecule has 7 rings (SSSR count). The highest BCUT2D eigenvalue weighted by Crippen LogP contribution is 2.39. The molecule has 0 N–H and O–H groups in total.